The number of carbonyl (C=O) groups is 2. The zero-order valence-electron chi connectivity index (χ0n) is 16.8. The highest BCUT2D eigenvalue weighted by Crippen LogP contribution is 2.21. The van der Waals surface area contributed by atoms with Crippen molar-refractivity contribution in [1.82, 2.24) is 9.88 Å². The first-order valence-corrected chi connectivity index (χ1v) is 8.84. The normalized spacial score (nSPS) is 12.3. The molecule has 0 saturated carbocycles. The predicted molar refractivity (Wildman–Crippen MR) is 106 cm³/mol. The molecule has 0 unspecified atom stereocenters. The van der Waals surface area contributed by atoms with Crippen LogP contribution in [0.2, 0.25) is 0 Å². The van der Waals surface area contributed by atoms with Gasteiger partial charge >= 0.3 is 0 Å². The number of anilines is 1. The van der Waals surface area contributed by atoms with Crippen molar-refractivity contribution in [2.75, 3.05) is 26.0 Å². The van der Waals surface area contributed by atoms with Crippen molar-refractivity contribution in [3.8, 4) is 0 Å². The average molecular weight is 355 g/mol. The number of hydrogen-bond donors (Lipinski definition) is 1. The molecule has 0 fully saturated rings. The molecule has 1 atom stereocenters. The molecule has 0 spiro atoms. The van der Waals surface area contributed by atoms with Crippen molar-refractivity contribution in [3.63, 3.8) is 0 Å². The highest BCUT2D eigenvalue weighted by atomic mass is 16.1. The molecule has 1 N–H and O–H groups in total. The molecule has 140 valence electrons. The van der Waals surface area contributed by atoms with Crippen LogP contribution < -0.4 is 4.90 Å². The van der Waals surface area contributed by atoms with Gasteiger partial charge in [0, 0.05) is 37.6 Å². The predicted octanol–water partition coefficient (Wildman–Crippen LogP) is 3.60. The maximum absolute atomic E-state index is 12.9. The van der Waals surface area contributed by atoms with E-state index in [0.717, 1.165) is 22.5 Å². The SMILES string of the molecule is CC(=O)c1c(C)[nH]c(C(=O)[C@@H](C)N(C)Cc2ccc(N(C)C)cc2)c1C. The van der Waals surface area contributed by atoms with Gasteiger partial charge in [0.25, 0.3) is 0 Å². The monoisotopic (exact) mass is 355 g/mol. The molecule has 0 aliphatic heterocycles. The van der Waals surface area contributed by atoms with E-state index in [1.807, 2.05) is 46.8 Å². The van der Waals surface area contributed by atoms with Gasteiger partial charge in [-0.3, -0.25) is 14.5 Å². The van der Waals surface area contributed by atoms with Crippen LogP contribution in [-0.2, 0) is 6.54 Å². The highest BCUT2D eigenvalue weighted by molar-refractivity contribution is 6.05. The van der Waals surface area contributed by atoms with Gasteiger partial charge in [-0.05, 0) is 58.0 Å². The van der Waals surface area contributed by atoms with Crippen LogP contribution in [0.1, 0.15) is 51.5 Å². The van der Waals surface area contributed by atoms with E-state index in [9.17, 15) is 9.59 Å². The fourth-order valence-corrected chi connectivity index (χ4v) is 3.26. The van der Waals surface area contributed by atoms with Crippen molar-refractivity contribution >= 4 is 17.3 Å². The number of benzene rings is 1. The molecular weight excluding hydrogens is 326 g/mol. The van der Waals surface area contributed by atoms with Crippen LogP contribution in [0.4, 0.5) is 5.69 Å². The number of H-pyrrole nitrogens is 1. The van der Waals surface area contributed by atoms with E-state index in [4.69, 9.17) is 0 Å². The Morgan fingerprint density at radius 3 is 2.12 bits per heavy atom. The third-order valence-corrected chi connectivity index (χ3v) is 4.96. The van der Waals surface area contributed by atoms with Gasteiger partial charge in [-0.25, -0.2) is 0 Å². The molecule has 1 heterocycles. The third-order valence-electron chi connectivity index (χ3n) is 4.96. The Morgan fingerprint density at radius 2 is 1.65 bits per heavy atom. The van der Waals surface area contributed by atoms with E-state index in [1.165, 1.54) is 6.92 Å². The maximum Gasteiger partial charge on any atom is 0.196 e. The Balaban J connectivity index is 2.15. The Hall–Kier alpha value is -2.40. The van der Waals surface area contributed by atoms with Gasteiger partial charge in [-0.15, -0.1) is 0 Å². The molecule has 1 aromatic heterocycles. The van der Waals surface area contributed by atoms with Gasteiger partial charge in [0.2, 0.25) is 0 Å². The molecule has 26 heavy (non-hydrogen) atoms. The molecule has 5 nitrogen and oxygen atoms in total. The van der Waals surface area contributed by atoms with Crippen LogP contribution in [-0.4, -0.2) is 48.6 Å². The summed E-state index contributed by atoms with van der Waals surface area (Å²) in [7, 11) is 5.97. The zero-order chi connectivity index (χ0) is 19.6. The molecule has 1 aromatic carbocycles. The molecule has 0 aliphatic carbocycles. The summed E-state index contributed by atoms with van der Waals surface area (Å²) >= 11 is 0. The van der Waals surface area contributed by atoms with Crippen molar-refractivity contribution < 1.29 is 9.59 Å². The Morgan fingerprint density at radius 1 is 1.08 bits per heavy atom. The molecule has 0 aliphatic rings. The van der Waals surface area contributed by atoms with Crippen molar-refractivity contribution in [3.05, 3.63) is 52.3 Å². The molecule has 5 heteroatoms. The van der Waals surface area contributed by atoms with Crippen molar-refractivity contribution in [2.45, 2.75) is 40.3 Å². The van der Waals surface area contributed by atoms with Gasteiger partial charge in [0.1, 0.15) is 0 Å². The summed E-state index contributed by atoms with van der Waals surface area (Å²) in [6.07, 6.45) is 0. The van der Waals surface area contributed by atoms with Crippen molar-refractivity contribution in [1.29, 1.82) is 0 Å². The number of aromatic amines is 1. The van der Waals surface area contributed by atoms with Gasteiger partial charge in [-0.1, -0.05) is 12.1 Å². The summed E-state index contributed by atoms with van der Waals surface area (Å²) in [5, 5.41) is 0. The summed E-state index contributed by atoms with van der Waals surface area (Å²) in [5.41, 5.74) is 4.97. The van der Waals surface area contributed by atoms with E-state index < -0.39 is 0 Å². The Kier molecular flexibility index (Phi) is 6.03. The van der Waals surface area contributed by atoms with E-state index >= 15 is 0 Å². The molecule has 0 bridgehead atoms. The lowest BCUT2D eigenvalue weighted by molar-refractivity contribution is 0.0856. The number of nitrogens with one attached hydrogen (secondary N) is 1. The molecule has 0 amide bonds. The minimum absolute atomic E-state index is 0.00510. The quantitative estimate of drug-likeness (QED) is 0.771. The lowest BCUT2D eigenvalue weighted by atomic mass is 10.0. The van der Waals surface area contributed by atoms with Gasteiger partial charge in [-0.2, -0.15) is 0 Å². The first-order chi connectivity index (χ1) is 12.1. The minimum Gasteiger partial charge on any atom is -0.378 e. The van der Waals surface area contributed by atoms with Crippen LogP contribution in [0, 0.1) is 13.8 Å². The molecule has 0 radical (unpaired) electrons. The largest absolute Gasteiger partial charge is 0.378 e. The summed E-state index contributed by atoms with van der Waals surface area (Å²) in [6.45, 7) is 7.78. The summed E-state index contributed by atoms with van der Waals surface area (Å²) in [4.78, 5) is 31.9. The number of carbonyl (C=O) groups excluding carboxylic acids is 2. The minimum atomic E-state index is -0.292. The van der Waals surface area contributed by atoms with Crippen LogP contribution in [0.3, 0.4) is 0 Å². The summed E-state index contributed by atoms with van der Waals surface area (Å²) in [5.74, 6) is -0.0113. The first-order valence-electron chi connectivity index (χ1n) is 8.84. The van der Waals surface area contributed by atoms with Crippen LogP contribution in [0.25, 0.3) is 0 Å². The maximum atomic E-state index is 12.9. The number of Topliss-reactive ketones (excluding diaryl/α,β-unsaturated/α-hetero) is 2. The zero-order valence-corrected chi connectivity index (χ0v) is 16.8. The molecule has 2 rings (SSSR count). The Labute approximate surface area is 156 Å². The topological polar surface area (TPSA) is 56.4 Å². The second-order valence-corrected chi connectivity index (χ2v) is 7.20. The van der Waals surface area contributed by atoms with Gasteiger partial charge in [0.15, 0.2) is 11.6 Å². The summed E-state index contributed by atoms with van der Waals surface area (Å²) < 4.78 is 0. The standard InChI is InChI=1S/C21H29N3O2/c1-13-19(16(4)25)14(2)22-20(13)21(26)15(3)24(7)12-17-8-10-18(11-9-17)23(5)6/h8-11,15,22H,12H2,1-7H3/t15-/m1/s1. The number of ketones is 2. The van der Waals surface area contributed by atoms with Crippen LogP contribution >= 0.6 is 0 Å². The fraction of sp³-hybridized carbons (Fsp3) is 0.429. The van der Waals surface area contributed by atoms with Crippen LogP contribution in [0.5, 0.6) is 0 Å². The number of nitrogens with zero attached hydrogens (tertiary/aromatic N) is 2. The Bertz CT molecular complexity index is 803. The lowest BCUT2D eigenvalue weighted by Gasteiger charge is -2.24. The molecule has 2 aromatic rings. The summed E-state index contributed by atoms with van der Waals surface area (Å²) in [6, 6.07) is 8.03. The average Bonchev–Trinajstić information content (AvgIpc) is 2.88. The van der Waals surface area contributed by atoms with Gasteiger partial charge in [0.05, 0.1) is 11.7 Å². The number of aromatic nitrogens is 1. The van der Waals surface area contributed by atoms with E-state index in [0.29, 0.717) is 17.8 Å². The van der Waals surface area contributed by atoms with E-state index in [1.54, 1.807) is 0 Å². The van der Waals surface area contributed by atoms with Crippen LogP contribution in [0.15, 0.2) is 24.3 Å². The molecule has 0 saturated heterocycles. The van der Waals surface area contributed by atoms with Gasteiger partial charge < -0.3 is 9.88 Å². The molecular formula is C21H29N3O2. The first kappa shape index (κ1) is 19.9. The highest BCUT2D eigenvalue weighted by Gasteiger charge is 2.25. The fourth-order valence-electron chi connectivity index (χ4n) is 3.26. The number of hydrogen-bond acceptors (Lipinski definition) is 4. The third kappa shape index (κ3) is 4.05. The smallest absolute Gasteiger partial charge is 0.196 e. The van der Waals surface area contributed by atoms with E-state index in [2.05, 4.69) is 34.1 Å². The van der Waals surface area contributed by atoms with E-state index in [-0.39, 0.29) is 17.6 Å². The lowest BCUT2D eigenvalue weighted by Crippen LogP contribution is -2.36. The second kappa shape index (κ2) is 7.87. The second-order valence-electron chi connectivity index (χ2n) is 7.20. The number of rotatable bonds is 7. The number of aryl methyl sites for hydroxylation is 1. The van der Waals surface area contributed by atoms with Crippen molar-refractivity contribution in [2.24, 2.45) is 0 Å². The number of likely N-dealkylation sites (N-methyl/N-ethyl adjacent to an activating group) is 1.